The van der Waals surface area contributed by atoms with Gasteiger partial charge >= 0.3 is 0 Å². The highest BCUT2D eigenvalue weighted by Gasteiger charge is 2.41. The van der Waals surface area contributed by atoms with Crippen molar-refractivity contribution in [2.24, 2.45) is 0 Å². The predicted octanol–water partition coefficient (Wildman–Crippen LogP) is 13.6. The second kappa shape index (κ2) is 13.2. The highest BCUT2D eigenvalue weighted by atomic mass is 32.3. The molecule has 0 saturated carbocycles. The average Bonchev–Trinajstić information content (AvgIpc) is 3.60. The zero-order valence-corrected chi connectivity index (χ0v) is 29.7. The van der Waals surface area contributed by atoms with Crippen LogP contribution in [0.3, 0.4) is 0 Å². The van der Waals surface area contributed by atoms with Crippen LogP contribution in [-0.4, -0.2) is 11.5 Å². The van der Waals surface area contributed by atoms with Crippen LogP contribution in [0.25, 0.3) is 28.9 Å². The molecule has 0 unspecified atom stereocenters. The van der Waals surface area contributed by atoms with Crippen LogP contribution in [0.4, 0.5) is 17.1 Å². The number of hydrogen-bond donors (Lipinski definition) is 0. The van der Waals surface area contributed by atoms with Gasteiger partial charge in [0.25, 0.3) is 0 Å². The minimum atomic E-state index is -0.989. The number of hydrogen-bond acceptors (Lipinski definition) is 1. The number of anilines is 3. The molecule has 0 aromatic heterocycles. The lowest BCUT2D eigenvalue weighted by molar-refractivity contribution is 0.588. The van der Waals surface area contributed by atoms with E-state index in [1.54, 1.807) is 9.79 Å². The van der Waals surface area contributed by atoms with Gasteiger partial charge in [0.05, 0.1) is 11.4 Å². The highest BCUT2D eigenvalue weighted by Crippen LogP contribution is 2.73. The van der Waals surface area contributed by atoms with Gasteiger partial charge in [0.15, 0.2) is 0 Å². The summed E-state index contributed by atoms with van der Waals surface area (Å²) < 4.78 is 0. The van der Waals surface area contributed by atoms with Crippen LogP contribution in [-0.2, 0) is 5.41 Å². The summed E-state index contributed by atoms with van der Waals surface area (Å²) in [4.78, 5) is 5.63. The molecule has 1 nitrogen and oxygen atoms in total. The Balaban J connectivity index is 1.17. The molecule has 2 aliphatic heterocycles. The first-order valence-electron chi connectivity index (χ1n) is 17.4. The average molecular weight is 646 g/mol. The number of benzene rings is 5. The molecule has 0 radical (unpaired) electrons. The first kappa shape index (κ1) is 32.0. The minimum Gasteiger partial charge on any atom is -0.308 e. The van der Waals surface area contributed by atoms with Crippen molar-refractivity contribution in [1.29, 1.82) is 0 Å². The summed E-state index contributed by atoms with van der Waals surface area (Å²) in [5.74, 6) is 2.62. The third kappa shape index (κ3) is 5.99. The van der Waals surface area contributed by atoms with E-state index in [-0.39, 0.29) is 5.41 Å². The van der Waals surface area contributed by atoms with E-state index in [0.717, 1.165) is 12.0 Å². The number of allylic oxidation sites excluding steroid dienone is 3. The second-order valence-corrected chi connectivity index (χ2v) is 17.6. The molecule has 0 bridgehead atoms. The molecule has 5 aromatic rings. The van der Waals surface area contributed by atoms with Gasteiger partial charge in [-0.1, -0.05) is 137 Å². The van der Waals surface area contributed by atoms with E-state index in [2.05, 4.69) is 179 Å². The molecule has 2 aliphatic rings. The SMILES string of the molecule is C=C(/C=C\CC)c1ccc(/C=C/c2ccc(-c3cccc(N4c5ccccc5S5(CCCC5)c5ccccc54)c3)cc2)cc1C(C)(C)C. The van der Waals surface area contributed by atoms with E-state index in [4.69, 9.17) is 0 Å². The van der Waals surface area contributed by atoms with Crippen molar-refractivity contribution in [3.8, 4) is 11.1 Å². The number of fused-ring (bicyclic) bond motifs is 4. The Labute approximate surface area is 289 Å². The van der Waals surface area contributed by atoms with Crippen LogP contribution in [0.5, 0.6) is 0 Å². The molecule has 48 heavy (non-hydrogen) atoms. The number of nitrogens with zero attached hydrogens (tertiary/aromatic N) is 1. The molecule has 0 aliphatic carbocycles. The summed E-state index contributed by atoms with van der Waals surface area (Å²) in [6.07, 6.45) is 12.4. The van der Waals surface area contributed by atoms with E-state index in [1.807, 2.05) is 0 Å². The zero-order valence-electron chi connectivity index (χ0n) is 28.9. The van der Waals surface area contributed by atoms with E-state index >= 15 is 0 Å². The third-order valence-electron chi connectivity index (χ3n) is 9.86. The molecule has 7 rings (SSSR count). The predicted molar refractivity (Wildman–Crippen MR) is 212 cm³/mol. The standard InChI is InChI=1S/C46H47NS/c1-6-7-15-34(2)40-29-26-36(32-41(40)46(3,4)5)23-22-35-24-27-37(28-25-35)38-16-14-17-39(33-38)47-42-18-8-10-20-44(42)48(30-12-13-31-48)45-21-11-9-19-43(45)47/h7-11,14-29,32-33H,2,6,12-13,30-31H2,1,3-5H3/b15-7-,23-22+. The molecule has 2 heterocycles. The van der Waals surface area contributed by atoms with Gasteiger partial charge in [-0.3, -0.25) is 0 Å². The van der Waals surface area contributed by atoms with Gasteiger partial charge in [0.1, 0.15) is 0 Å². The molecule has 1 saturated heterocycles. The Hall–Kier alpha value is -4.53. The number of rotatable bonds is 7. The first-order valence-corrected chi connectivity index (χ1v) is 19.4. The Morgan fingerprint density at radius 3 is 1.98 bits per heavy atom. The topological polar surface area (TPSA) is 3.24 Å². The summed E-state index contributed by atoms with van der Waals surface area (Å²) in [6.45, 7) is 13.3. The summed E-state index contributed by atoms with van der Waals surface area (Å²) in [5.41, 5.74) is 12.4. The summed E-state index contributed by atoms with van der Waals surface area (Å²) in [6, 6.07) is 43.2. The lowest BCUT2D eigenvalue weighted by Crippen LogP contribution is -2.21. The maximum absolute atomic E-state index is 4.35. The van der Waals surface area contributed by atoms with Gasteiger partial charge < -0.3 is 4.90 Å². The lowest BCUT2D eigenvalue weighted by atomic mass is 9.81. The van der Waals surface area contributed by atoms with Crippen molar-refractivity contribution in [3.05, 3.63) is 156 Å². The van der Waals surface area contributed by atoms with Crippen molar-refractivity contribution in [2.45, 2.75) is 62.2 Å². The van der Waals surface area contributed by atoms with E-state index in [1.165, 1.54) is 74.8 Å². The van der Waals surface area contributed by atoms with Gasteiger partial charge in [0.2, 0.25) is 0 Å². The normalized spacial score (nSPS) is 16.0. The number of para-hydroxylation sites is 2. The lowest BCUT2D eigenvalue weighted by Gasteiger charge is -2.47. The van der Waals surface area contributed by atoms with Crippen molar-refractivity contribution in [1.82, 2.24) is 0 Å². The molecule has 0 amide bonds. The van der Waals surface area contributed by atoms with Crippen molar-refractivity contribution >= 4 is 44.8 Å². The molecule has 5 aromatic carbocycles. The summed E-state index contributed by atoms with van der Waals surface area (Å²) in [7, 11) is -0.989. The molecule has 1 fully saturated rings. The van der Waals surface area contributed by atoms with Crippen molar-refractivity contribution in [2.75, 3.05) is 16.4 Å². The smallest absolute Gasteiger partial charge is 0.0586 e. The molecule has 0 N–H and O–H groups in total. The van der Waals surface area contributed by atoms with E-state index in [9.17, 15) is 0 Å². The molecular formula is C46H47NS. The Bertz CT molecular complexity index is 1970. The van der Waals surface area contributed by atoms with Crippen LogP contribution >= 0.6 is 10.0 Å². The quantitative estimate of drug-likeness (QED) is 0.126. The fraction of sp³-hybridized carbons (Fsp3) is 0.217. The Morgan fingerprint density at radius 1 is 0.708 bits per heavy atom. The molecule has 0 atom stereocenters. The Kier molecular flexibility index (Phi) is 8.79. The maximum Gasteiger partial charge on any atom is 0.0586 e. The maximum atomic E-state index is 4.35. The molecule has 1 spiro atoms. The van der Waals surface area contributed by atoms with Crippen LogP contribution in [0.2, 0.25) is 0 Å². The van der Waals surface area contributed by atoms with Crippen LogP contribution in [0.1, 0.15) is 69.2 Å². The van der Waals surface area contributed by atoms with Crippen molar-refractivity contribution in [3.63, 3.8) is 0 Å². The van der Waals surface area contributed by atoms with Crippen molar-refractivity contribution < 1.29 is 0 Å². The largest absolute Gasteiger partial charge is 0.308 e. The Morgan fingerprint density at radius 2 is 1.33 bits per heavy atom. The third-order valence-corrected chi connectivity index (χ3v) is 14.2. The fourth-order valence-electron chi connectivity index (χ4n) is 7.43. The second-order valence-electron chi connectivity index (χ2n) is 14.2. The zero-order chi connectivity index (χ0) is 33.3. The fourth-order valence-corrected chi connectivity index (χ4v) is 11.9. The van der Waals surface area contributed by atoms with Crippen LogP contribution in [0.15, 0.2) is 144 Å². The highest BCUT2D eigenvalue weighted by molar-refractivity contribution is 8.34. The van der Waals surface area contributed by atoms with E-state index in [0.29, 0.717) is 0 Å². The summed E-state index contributed by atoms with van der Waals surface area (Å²) in [5, 5.41) is 0. The summed E-state index contributed by atoms with van der Waals surface area (Å²) >= 11 is 0. The van der Waals surface area contributed by atoms with Gasteiger partial charge in [0, 0.05) is 15.5 Å². The molecular weight excluding hydrogens is 599 g/mol. The van der Waals surface area contributed by atoms with Gasteiger partial charge in [-0.2, -0.15) is 10.0 Å². The van der Waals surface area contributed by atoms with Crippen LogP contribution in [0, 0.1) is 0 Å². The molecule has 242 valence electrons. The molecule has 2 heteroatoms. The van der Waals surface area contributed by atoms with Gasteiger partial charge in [-0.15, -0.1) is 0 Å². The van der Waals surface area contributed by atoms with E-state index < -0.39 is 10.0 Å². The monoisotopic (exact) mass is 645 g/mol. The minimum absolute atomic E-state index is 0.0236. The van der Waals surface area contributed by atoms with Gasteiger partial charge in [-0.05, 0) is 112 Å². The van der Waals surface area contributed by atoms with Crippen LogP contribution < -0.4 is 4.90 Å². The first-order chi connectivity index (χ1) is 23.3. The van der Waals surface area contributed by atoms with Gasteiger partial charge in [-0.25, -0.2) is 0 Å².